The Labute approximate surface area is 297 Å². The second-order valence-electron chi connectivity index (χ2n) is 12.3. The van der Waals surface area contributed by atoms with Crippen molar-refractivity contribution in [2.75, 3.05) is 7.05 Å². The molecule has 3 heterocycles. The molecule has 0 aliphatic heterocycles. The fourth-order valence-corrected chi connectivity index (χ4v) is 6.52. The van der Waals surface area contributed by atoms with Crippen molar-refractivity contribution in [3.63, 3.8) is 0 Å². The number of nitrogens with zero attached hydrogens (tertiary/aromatic N) is 4. The molecule has 51 heavy (non-hydrogen) atoms. The molecule has 0 amide bonds. The van der Waals surface area contributed by atoms with E-state index in [0.717, 1.165) is 56.1 Å². The zero-order chi connectivity index (χ0) is 34.4. The summed E-state index contributed by atoms with van der Waals surface area (Å²) in [6.45, 7) is 0. The van der Waals surface area contributed by atoms with Crippen molar-refractivity contribution in [2.24, 2.45) is 4.99 Å². The number of rotatable bonds is 8. The van der Waals surface area contributed by atoms with E-state index in [2.05, 4.69) is 143 Å². The molecule has 0 saturated heterocycles. The average Bonchev–Trinajstić information content (AvgIpc) is 3.21. The Morgan fingerprint density at radius 2 is 1.25 bits per heavy atom. The van der Waals surface area contributed by atoms with Gasteiger partial charge in [-0.05, 0) is 98.8 Å². The molecule has 8 aromatic rings. The quantitative estimate of drug-likeness (QED) is 0.0931. The van der Waals surface area contributed by atoms with Crippen LogP contribution in [0.5, 0.6) is 0 Å². The fourth-order valence-electron chi connectivity index (χ4n) is 6.52. The van der Waals surface area contributed by atoms with E-state index >= 15 is 0 Å². The van der Waals surface area contributed by atoms with Crippen LogP contribution in [-0.2, 0) is 0 Å². The fraction of sp³-hybridized carbons (Fsp3) is 0.0213. The highest BCUT2D eigenvalue weighted by Crippen LogP contribution is 2.37. The van der Waals surface area contributed by atoms with Gasteiger partial charge in [0.1, 0.15) is 0 Å². The maximum absolute atomic E-state index is 5.22. The lowest BCUT2D eigenvalue weighted by molar-refractivity contribution is 1.23. The molecule has 242 valence electrons. The van der Waals surface area contributed by atoms with Gasteiger partial charge in [0.2, 0.25) is 0 Å². The Bertz CT molecular complexity index is 2570. The minimum Gasteiger partial charge on any atom is -0.297 e. The van der Waals surface area contributed by atoms with Gasteiger partial charge in [0.15, 0.2) is 0 Å². The summed E-state index contributed by atoms with van der Waals surface area (Å²) in [4.78, 5) is 18.7. The van der Waals surface area contributed by atoms with Gasteiger partial charge in [-0.25, -0.2) is 9.97 Å². The van der Waals surface area contributed by atoms with Crippen LogP contribution in [0.4, 0.5) is 0 Å². The normalized spacial score (nSPS) is 11.8. The van der Waals surface area contributed by atoms with E-state index in [0.29, 0.717) is 0 Å². The number of hydrogen-bond donors (Lipinski definition) is 0. The second kappa shape index (κ2) is 14.4. The summed E-state index contributed by atoms with van der Waals surface area (Å²) < 4.78 is 0. The zero-order valence-electron chi connectivity index (χ0n) is 28.2. The number of benzene rings is 5. The SMILES string of the molecule is C\N=C/C=C\C=C\c1cc(-c2ccc(-c3cccc(-c4cc(-c5ccccc5)c5c(ccc6ccccc65)n4)c3)cc2)cc(-c2ccccn2)n1. The predicted octanol–water partition coefficient (Wildman–Crippen LogP) is 11.8. The molecule has 0 bridgehead atoms. The molecule has 0 aliphatic rings. The maximum atomic E-state index is 5.22. The molecule has 5 aromatic carbocycles. The summed E-state index contributed by atoms with van der Waals surface area (Å²) in [7, 11) is 1.76. The van der Waals surface area contributed by atoms with Crippen LogP contribution in [-0.4, -0.2) is 28.2 Å². The standard InChI is InChI=1S/C47H34N4/c1-48-27-10-3-6-18-40-30-39(31-46(50-40)43-20-9-11-28-49-43)34-23-21-33(22-24-34)37-16-12-17-38(29-37)45-32-42(35-13-4-2-5-14-35)47-41-19-8-7-15-36(41)25-26-44(47)51-45/h2-32H,1H3/b10-3-,18-6+,48-27-. The minimum absolute atomic E-state index is 0.828. The molecule has 0 aliphatic carbocycles. The van der Waals surface area contributed by atoms with E-state index in [4.69, 9.17) is 9.97 Å². The van der Waals surface area contributed by atoms with Crippen LogP contribution in [0.1, 0.15) is 5.69 Å². The van der Waals surface area contributed by atoms with Crippen molar-refractivity contribution in [2.45, 2.75) is 0 Å². The Kier molecular flexibility index (Phi) is 8.87. The highest BCUT2D eigenvalue weighted by molar-refractivity contribution is 6.13. The van der Waals surface area contributed by atoms with Gasteiger partial charge in [0.25, 0.3) is 0 Å². The highest BCUT2D eigenvalue weighted by atomic mass is 14.8. The molecule has 8 rings (SSSR count). The average molecular weight is 655 g/mol. The number of aromatic nitrogens is 3. The number of aliphatic imine (C=N–C) groups is 1. The Morgan fingerprint density at radius 3 is 2.08 bits per heavy atom. The Hall–Kier alpha value is -6.78. The van der Waals surface area contributed by atoms with Crippen molar-refractivity contribution in [1.82, 2.24) is 15.0 Å². The van der Waals surface area contributed by atoms with Gasteiger partial charge in [-0.2, -0.15) is 0 Å². The van der Waals surface area contributed by atoms with Crippen LogP contribution in [0.25, 0.3) is 83.8 Å². The van der Waals surface area contributed by atoms with Crippen molar-refractivity contribution in [3.8, 4) is 56.0 Å². The van der Waals surface area contributed by atoms with E-state index in [1.165, 1.54) is 27.3 Å². The summed E-state index contributed by atoms with van der Waals surface area (Å²) in [5.41, 5.74) is 12.3. The second-order valence-corrected chi connectivity index (χ2v) is 12.3. The van der Waals surface area contributed by atoms with Gasteiger partial charge in [-0.1, -0.05) is 121 Å². The van der Waals surface area contributed by atoms with E-state index in [1.807, 2.05) is 42.5 Å². The molecule has 0 spiro atoms. The number of fused-ring (bicyclic) bond motifs is 3. The Morgan fingerprint density at radius 1 is 0.490 bits per heavy atom. The predicted molar refractivity (Wildman–Crippen MR) is 215 cm³/mol. The first-order valence-electron chi connectivity index (χ1n) is 17.0. The third-order valence-electron chi connectivity index (χ3n) is 8.99. The number of allylic oxidation sites excluding steroid dienone is 3. The molecular formula is C47H34N4. The van der Waals surface area contributed by atoms with E-state index in [-0.39, 0.29) is 0 Å². The van der Waals surface area contributed by atoms with Gasteiger partial charge in [0.05, 0.1) is 28.3 Å². The van der Waals surface area contributed by atoms with Crippen molar-refractivity contribution >= 4 is 34.0 Å². The molecule has 0 unspecified atom stereocenters. The summed E-state index contributed by atoms with van der Waals surface area (Å²) in [6, 6.07) is 53.2. The van der Waals surface area contributed by atoms with E-state index < -0.39 is 0 Å². The summed E-state index contributed by atoms with van der Waals surface area (Å²) in [5.74, 6) is 0. The highest BCUT2D eigenvalue weighted by Gasteiger charge is 2.14. The number of hydrogen-bond acceptors (Lipinski definition) is 4. The molecule has 0 fully saturated rings. The lowest BCUT2D eigenvalue weighted by Gasteiger charge is -2.14. The molecule has 4 heteroatoms. The van der Waals surface area contributed by atoms with Crippen molar-refractivity contribution in [1.29, 1.82) is 0 Å². The van der Waals surface area contributed by atoms with Gasteiger partial charge in [-0.3, -0.25) is 9.98 Å². The molecular weight excluding hydrogens is 621 g/mol. The lowest BCUT2D eigenvalue weighted by atomic mass is 9.93. The first-order chi connectivity index (χ1) is 25.2. The maximum Gasteiger partial charge on any atom is 0.0899 e. The zero-order valence-corrected chi connectivity index (χ0v) is 28.2. The first kappa shape index (κ1) is 31.5. The third-order valence-corrected chi connectivity index (χ3v) is 8.99. The van der Waals surface area contributed by atoms with Gasteiger partial charge in [0, 0.05) is 30.4 Å². The molecule has 3 aromatic heterocycles. The van der Waals surface area contributed by atoms with Crippen LogP contribution >= 0.6 is 0 Å². The third kappa shape index (κ3) is 6.76. The molecule has 0 saturated carbocycles. The molecule has 0 radical (unpaired) electrons. The monoisotopic (exact) mass is 654 g/mol. The Balaban J connectivity index is 1.16. The van der Waals surface area contributed by atoms with Gasteiger partial charge >= 0.3 is 0 Å². The largest absolute Gasteiger partial charge is 0.297 e. The molecule has 0 N–H and O–H groups in total. The summed E-state index contributed by atoms with van der Waals surface area (Å²) >= 11 is 0. The van der Waals surface area contributed by atoms with Crippen LogP contribution in [0.15, 0.2) is 181 Å². The molecule has 0 atom stereocenters. The summed E-state index contributed by atoms with van der Waals surface area (Å²) in [6.07, 6.45) is 11.4. The van der Waals surface area contributed by atoms with Gasteiger partial charge < -0.3 is 0 Å². The van der Waals surface area contributed by atoms with Crippen molar-refractivity contribution in [3.05, 3.63) is 182 Å². The van der Waals surface area contributed by atoms with Crippen LogP contribution in [0.3, 0.4) is 0 Å². The smallest absolute Gasteiger partial charge is 0.0899 e. The van der Waals surface area contributed by atoms with Crippen LogP contribution in [0, 0.1) is 0 Å². The number of pyridine rings is 3. The molecule has 4 nitrogen and oxygen atoms in total. The van der Waals surface area contributed by atoms with E-state index in [1.54, 1.807) is 19.5 Å². The van der Waals surface area contributed by atoms with E-state index in [9.17, 15) is 0 Å². The summed E-state index contributed by atoms with van der Waals surface area (Å²) in [5, 5.41) is 3.60. The van der Waals surface area contributed by atoms with Crippen LogP contribution in [0.2, 0.25) is 0 Å². The first-order valence-corrected chi connectivity index (χ1v) is 17.0. The van der Waals surface area contributed by atoms with Crippen LogP contribution < -0.4 is 0 Å². The van der Waals surface area contributed by atoms with Gasteiger partial charge in [-0.15, -0.1) is 0 Å². The topological polar surface area (TPSA) is 51.0 Å². The van der Waals surface area contributed by atoms with Crippen molar-refractivity contribution < 1.29 is 0 Å². The minimum atomic E-state index is 0.828. The lowest BCUT2D eigenvalue weighted by Crippen LogP contribution is -1.92.